The molecule has 0 heterocycles. The number of rotatable bonds is 6. The van der Waals surface area contributed by atoms with Gasteiger partial charge in [0.05, 0.1) is 5.92 Å². The average Bonchev–Trinajstić information content (AvgIpc) is 2.59. The molecule has 4 bridgehead atoms. The lowest BCUT2D eigenvalue weighted by Crippen LogP contribution is -2.56. The number of benzene rings is 1. The summed E-state index contributed by atoms with van der Waals surface area (Å²) in [5.41, 5.74) is 1.55. The van der Waals surface area contributed by atoms with Crippen molar-refractivity contribution in [1.29, 1.82) is 0 Å². The average molecular weight is 340 g/mol. The van der Waals surface area contributed by atoms with Crippen LogP contribution in [0.3, 0.4) is 0 Å². The molecule has 0 radical (unpaired) electrons. The summed E-state index contributed by atoms with van der Waals surface area (Å²) in [6, 6.07) is 10.7. The van der Waals surface area contributed by atoms with E-state index in [1.165, 1.54) is 44.1 Å². The van der Waals surface area contributed by atoms with Crippen molar-refractivity contribution in [2.24, 2.45) is 23.2 Å². The van der Waals surface area contributed by atoms with E-state index in [1.54, 1.807) is 0 Å². The molecule has 25 heavy (non-hydrogen) atoms. The summed E-state index contributed by atoms with van der Waals surface area (Å²) in [6.07, 6.45) is 10.4. The van der Waals surface area contributed by atoms with Crippen LogP contribution in [0.2, 0.25) is 0 Å². The number of carbonyl (C=O) groups is 1. The highest BCUT2D eigenvalue weighted by Crippen LogP contribution is 2.61. The molecule has 0 spiro atoms. The molecular weight excluding hydrogens is 306 g/mol. The molecule has 1 aromatic rings. The number of hydrogen-bond acceptors (Lipinski definition) is 1. The maximum absolute atomic E-state index is 13.1. The topological polar surface area (TPSA) is 29.1 Å². The maximum atomic E-state index is 13.1. The molecule has 2 nitrogen and oxygen atoms in total. The normalized spacial score (nSPS) is 35.4. The lowest BCUT2D eigenvalue weighted by Gasteiger charge is -2.59. The first kappa shape index (κ1) is 17.1. The zero-order valence-electron chi connectivity index (χ0n) is 15.8. The van der Waals surface area contributed by atoms with Crippen LogP contribution in [0, 0.1) is 23.2 Å². The molecule has 2 atom stereocenters. The predicted octanol–water partition coefficient (Wildman–Crippen LogP) is 5.29. The highest BCUT2D eigenvalue weighted by Gasteiger charge is 2.53. The Morgan fingerprint density at radius 1 is 1.08 bits per heavy atom. The second-order valence-corrected chi connectivity index (χ2v) is 9.26. The predicted molar refractivity (Wildman–Crippen MR) is 102 cm³/mol. The standard InChI is InChI=1S/C23H33NO/c1-3-7-21(20-8-5-4-6-9-20)22(25)24-16(2)23-13-17-10-18(14-23)12-19(11-17)15-23/h4-6,8-9,16-19,21H,3,7,10-15H2,1-2H3,(H,24,25)/t16-,17?,18?,19?,21-,23?/m0/s1. The van der Waals surface area contributed by atoms with Crippen LogP contribution in [-0.2, 0) is 4.79 Å². The molecule has 1 N–H and O–H groups in total. The Labute approximate surface area is 152 Å². The summed E-state index contributed by atoms with van der Waals surface area (Å²) in [6.45, 7) is 4.46. The molecule has 1 aromatic carbocycles. The minimum atomic E-state index is 0.00237. The van der Waals surface area contributed by atoms with Gasteiger partial charge in [-0.15, -0.1) is 0 Å². The Hall–Kier alpha value is -1.31. The second kappa shape index (κ2) is 6.78. The summed E-state index contributed by atoms with van der Waals surface area (Å²) in [7, 11) is 0. The van der Waals surface area contributed by atoms with Crippen molar-refractivity contribution in [2.45, 2.75) is 77.2 Å². The lowest BCUT2D eigenvalue weighted by atomic mass is 9.48. The van der Waals surface area contributed by atoms with Gasteiger partial charge in [0.1, 0.15) is 0 Å². The van der Waals surface area contributed by atoms with E-state index in [-0.39, 0.29) is 11.8 Å². The highest BCUT2D eigenvalue weighted by atomic mass is 16.1. The molecule has 0 aliphatic heterocycles. The third-order valence-electron chi connectivity index (χ3n) is 7.46. The monoisotopic (exact) mass is 339 g/mol. The van der Waals surface area contributed by atoms with E-state index in [4.69, 9.17) is 0 Å². The van der Waals surface area contributed by atoms with Crippen LogP contribution in [0.1, 0.15) is 76.7 Å². The van der Waals surface area contributed by atoms with Crippen LogP contribution >= 0.6 is 0 Å². The van der Waals surface area contributed by atoms with Crippen LogP contribution in [0.4, 0.5) is 0 Å². The van der Waals surface area contributed by atoms with Crippen LogP contribution in [-0.4, -0.2) is 11.9 Å². The summed E-state index contributed by atoms with van der Waals surface area (Å²) < 4.78 is 0. The van der Waals surface area contributed by atoms with E-state index >= 15 is 0 Å². The van der Waals surface area contributed by atoms with E-state index in [9.17, 15) is 4.79 Å². The molecule has 0 unspecified atom stereocenters. The first-order valence-electron chi connectivity index (χ1n) is 10.4. The third kappa shape index (κ3) is 3.25. The Morgan fingerprint density at radius 3 is 2.16 bits per heavy atom. The first-order chi connectivity index (χ1) is 12.1. The summed E-state index contributed by atoms with van der Waals surface area (Å²) in [5, 5.41) is 3.48. The van der Waals surface area contributed by atoms with Gasteiger partial charge in [0, 0.05) is 6.04 Å². The number of nitrogens with one attached hydrogen (secondary N) is 1. The van der Waals surface area contributed by atoms with Gasteiger partial charge in [-0.05, 0) is 80.6 Å². The molecule has 1 amide bonds. The van der Waals surface area contributed by atoms with Gasteiger partial charge in [-0.25, -0.2) is 0 Å². The van der Waals surface area contributed by atoms with Gasteiger partial charge < -0.3 is 5.32 Å². The smallest absolute Gasteiger partial charge is 0.227 e. The van der Waals surface area contributed by atoms with Crippen LogP contribution in [0.5, 0.6) is 0 Å². The van der Waals surface area contributed by atoms with Crippen LogP contribution in [0.25, 0.3) is 0 Å². The molecule has 2 heteroatoms. The fraction of sp³-hybridized carbons (Fsp3) is 0.696. The van der Waals surface area contributed by atoms with E-state index in [2.05, 4.69) is 31.3 Å². The third-order valence-corrected chi connectivity index (χ3v) is 7.46. The zero-order chi connectivity index (χ0) is 17.4. The number of hydrogen-bond donors (Lipinski definition) is 1. The van der Waals surface area contributed by atoms with E-state index in [1.807, 2.05) is 18.2 Å². The van der Waals surface area contributed by atoms with Gasteiger partial charge in [-0.3, -0.25) is 4.79 Å². The van der Waals surface area contributed by atoms with Crippen molar-refractivity contribution >= 4 is 5.91 Å². The van der Waals surface area contributed by atoms with Gasteiger partial charge in [0.25, 0.3) is 0 Å². The second-order valence-electron chi connectivity index (χ2n) is 9.26. The van der Waals surface area contributed by atoms with Crippen molar-refractivity contribution < 1.29 is 4.79 Å². The van der Waals surface area contributed by atoms with E-state index < -0.39 is 0 Å². The Kier molecular flexibility index (Phi) is 4.64. The van der Waals surface area contributed by atoms with Crippen molar-refractivity contribution in [1.82, 2.24) is 5.32 Å². The summed E-state index contributed by atoms with van der Waals surface area (Å²) in [5.74, 6) is 3.06. The molecular formula is C23H33NO. The minimum Gasteiger partial charge on any atom is -0.353 e. The van der Waals surface area contributed by atoms with Crippen molar-refractivity contribution in [3.63, 3.8) is 0 Å². The van der Waals surface area contributed by atoms with Gasteiger partial charge in [0.15, 0.2) is 0 Å². The Bertz CT molecular complexity index is 572. The largest absolute Gasteiger partial charge is 0.353 e. The molecule has 4 aliphatic carbocycles. The molecule has 136 valence electrons. The number of carbonyl (C=O) groups excluding carboxylic acids is 1. The molecule has 5 rings (SSSR count). The summed E-state index contributed by atoms with van der Waals surface area (Å²) in [4.78, 5) is 13.1. The molecule has 0 aromatic heterocycles. The molecule has 4 fully saturated rings. The lowest BCUT2D eigenvalue weighted by molar-refractivity contribution is -0.127. The first-order valence-corrected chi connectivity index (χ1v) is 10.4. The van der Waals surface area contributed by atoms with Crippen LogP contribution < -0.4 is 5.32 Å². The summed E-state index contributed by atoms with van der Waals surface area (Å²) >= 11 is 0. The Balaban J connectivity index is 1.48. The van der Waals surface area contributed by atoms with Crippen LogP contribution in [0.15, 0.2) is 30.3 Å². The fourth-order valence-electron chi connectivity index (χ4n) is 6.60. The zero-order valence-corrected chi connectivity index (χ0v) is 15.8. The molecule has 4 aliphatic rings. The van der Waals surface area contributed by atoms with Gasteiger partial charge in [-0.1, -0.05) is 43.7 Å². The van der Waals surface area contributed by atoms with Gasteiger partial charge >= 0.3 is 0 Å². The van der Waals surface area contributed by atoms with Gasteiger partial charge in [-0.2, -0.15) is 0 Å². The molecule has 4 saturated carbocycles. The van der Waals surface area contributed by atoms with Crippen molar-refractivity contribution in [2.75, 3.05) is 0 Å². The van der Waals surface area contributed by atoms with Crippen molar-refractivity contribution in [3.8, 4) is 0 Å². The SMILES string of the molecule is CCC[C@H](C(=O)N[C@@H](C)C12CC3CC(CC(C3)C1)C2)c1ccccc1. The van der Waals surface area contributed by atoms with Gasteiger partial charge in [0.2, 0.25) is 5.91 Å². The van der Waals surface area contributed by atoms with Crippen molar-refractivity contribution in [3.05, 3.63) is 35.9 Å². The minimum absolute atomic E-state index is 0.00237. The van der Waals surface area contributed by atoms with E-state index in [0.717, 1.165) is 30.6 Å². The molecule has 0 saturated heterocycles. The quantitative estimate of drug-likeness (QED) is 0.749. The van der Waals surface area contributed by atoms with E-state index in [0.29, 0.717) is 11.5 Å². The Morgan fingerprint density at radius 2 is 1.64 bits per heavy atom. The maximum Gasteiger partial charge on any atom is 0.227 e. The highest BCUT2D eigenvalue weighted by molar-refractivity contribution is 5.83. The number of amides is 1. The fourth-order valence-corrected chi connectivity index (χ4v) is 6.60.